The normalized spacial score (nSPS) is 12.2. The van der Waals surface area contributed by atoms with Crippen molar-refractivity contribution in [2.24, 2.45) is 0 Å². The fourth-order valence-corrected chi connectivity index (χ4v) is 1.66. The summed E-state index contributed by atoms with van der Waals surface area (Å²) in [5, 5.41) is 3.19. The Labute approximate surface area is 107 Å². The molecule has 0 aliphatic heterocycles. The number of hydrogen-bond donors (Lipinski definition) is 1. The fourth-order valence-electron chi connectivity index (χ4n) is 1.66. The van der Waals surface area contributed by atoms with E-state index in [0.29, 0.717) is 5.88 Å². The summed E-state index contributed by atoms with van der Waals surface area (Å²) in [6.45, 7) is 3.99. The predicted octanol–water partition coefficient (Wildman–Crippen LogP) is 2.86. The molecule has 94 valence electrons. The van der Waals surface area contributed by atoms with Crippen LogP contribution in [-0.4, -0.2) is 17.0 Å². The second-order valence-corrected chi connectivity index (χ2v) is 4.10. The van der Waals surface area contributed by atoms with Crippen LogP contribution in [-0.2, 0) is 0 Å². The molecule has 1 atom stereocenters. The third kappa shape index (κ3) is 2.65. The molecule has 1 N–H and O–H groups in total. The highest BCUT2D eigenvalue weighted by atomic mass is 16.5. The van der Waals surface area contributed by atoms with Crippen molar-refractivity contribution in [3.8, 4) is 11.6 Å². The second kappa shape index (κ2) is 5.60. The molecule has 18 heavy (non-hydrogen) atoms. The van der Waals surface area contributed by atoms with E-state index in [1.807, 2.05) is 38.2 Å². The second-order valence-electron chi connectivity index (χ2n) is 4.10. The van der Waals surface area contributed by atoms with Crippen LogP contribution in [0.1, 0.15) is 24.2 Å². The minimum Gasteiger partial charge on any atom is -0.437 e. The molecule has 2 aromatic heterocycles. The Bertz CT molecular complexity index is 528. The van der Waals surface area contributed by atoms with Gasteiger partial charge in [0, 0.05) is 24.0 Å². The molecule has 0 saturated carbocycles. The highest BCUT2D eigenvalue weighted by Crippen LogP contribution is 2.28. The van der Waals surface area contributed by atoms with Crippen molar-refractivity contribution < 1.29 is 4.74 Å². The highest BCUT2D eigenvalue weighted by Gasteiger charge is 2.12. The van der Waals surface area contributed by atoms with Crippen molar-refractivity contribution in [2.45, 2.75) is 19.9 Å². The predicted molar refractivity (Wildman–Crippen MR) is 70.8 cm³/mol. The van der Waals surface area contributed by atoms with E-state index >= 15 is 0 Å². The van der Waals surface area contributed by atoms with Crippen molar-refractivity contribution in [1.29, 1.82) is 0 Å². The van der Waals surface area contributed by atoms with Crippen LogP contribution in [0.3, 0.4) is 0 Å². The molecular weight excluding hydrogens is 226 g/mol. The zero-order valence-electron chi connectivity index (χ0n) is 10.8. The van der Waals surface area contributed by atoms with Crippen LogP contribution in [0.15, 0.2) is 36.7 Å². The number of hydrogen-bond acceptors (Lipinski definition) is 4. The molecule has 4 heteroatoms. The summed E-state index contributed by atoms with van der Waals surface area (Å²) in [4.78, 5) is 8.50. The molecule has 0 aliphatic rings. The lowest BCUT2D eigenvalue weighted by Gasteiger charge is -2.15. The first-order chi connectivity index (χ1) is 8.72. The topological polar surface area (TPSA) is 47.0 Å². The molecule has 2 aromatic rings. The fraction of sp³-hybridized carbons (Fsp3) is 0.286. The number of aromatic nitrogens is 2. The maximum Gasteiger partial charge on any atom is 0.224 e. The van der Waals surface area contributed by atoms with Gasteiger partial charge in [-0.1, -0.05) is 6.07 Å². The first kappa shape index (κ1) is 12.5. The summed E-state index contributed by atoms with van der Waals surface area (Å²) >= 11 is 0. The van der Waals surface area contributed by atoms with E-state index in [1.54, 1.807) is 12.4 Å². The zero-order valence-corrected chi connectivity index (χ0v) is 10.8. The van der Waals surface area contributed by atoms with Crippen molar-refractivity contribution >= 4 is 0 Å². The molecular formula is C14H17N3O. The molecule has 1 unspecified atom stereocenters. The molecule has 0 aromatic carbocycles. The maximum absolute atomic E-state index is 5.85. The number of pyridine rings is 2. The van der Waals surface area contributed by atoms with Gasteiger partial charge in [-0.3, -0.25) is 4.98 Å². The Balaban J connectivity index is 2.32. The van der Waals surface area contributed by atoms with Crippen molar-refractivity contribution in [1.82, 2.24) is 15.3 Å². The molecule has 4 nitrogen and oxygen atoms in total. The largest absolute Gasteiger partial charge is 0.437 e. The van der Waals surface area contributed by atoms with Gasteiger partial charge in [0.1, 0.15) is 0 Å². The van der Waals surface area contributed by atoms with E-state index in [-0.39, 0.29) is 6.04 Å². The van der Waals surface area contributed by atoms with Gasteiger partial charge in [0.15, 0.2) is 5.75 Å². The minimum absolute atomic E-state index is 0.186. The van der Waals surface area contributed by atoms with Crippen LogP contribution in [0.5, 0.6) is 11.6 Å². The number of ether oxygens (including phenoxy) is 1. The lowest BCUT2D eigenvalue weighted by Crippen LogP contribution is -2.13. The molecule has 2 rings (SSSR count). The Morgan fingerprint density at radius 3 is 2.61 bits per heavy atom. The van der Waals surface area contributed by atoms with Crippen LogP contribution >= 0.6 is 0 Å². The van der Waals surface area contributed by atoms with Gasteiger partial charge >= 0.3 is 0 Å². The van der Waals surface area contributed by atoms with Gasteiger partial charge in [-0.2, -0.15) is 0 Å². The van der Waals surface area contributed by atoms with Crippen LogP contribution in [0.25, 0.3) is 0 Å². The number of nitrogens with one attached hydrogen (secondary N) is 1. The third-order valence-corrected chi connectivity index (χ3v) is 2.87. The summed E-state index contributed by atoms with van der Waals surface area (Å²) in [6.07, 6.45) is 3.48. The number of aryl methyl sites for hydroxylation is 1. The summed E-state index contributed by atoms with van der Waals surface area (Å²) < 4.78 is 5.85. The summed E-state index contributed by atoms with van der Waals surface area (Å²) in [5.41, 5.74) is 1.88. The first-order valence-electron chi connectivity index (χ1n) is 5.94. The molecule has 0 aliphatic carbocycles. The van der Waals surface area contributed by atoms with Crippen molar-refractivity contribution in [3.63, 3.8) is 0 Å². The molecule has 0 saturated heterocycles. The molecule has 0 amide bonds. The molecule has 0 spiro atoms. The Hall–Kier alpha value is -1.94. The quantitative estimate of drug-likeness (QED) is 0.897. The molecule has 0 fully saturated rings. The van der Waals surface area contributed by atoms with Crippen LogP contribution in [0, 0.1) is 6.92 Å². The van der Waals surface area contributed by atoms with Gasteiger partial charge in [-0.25, -0.2) is 4.98 Å². The molecule has 0 bridgehead atoms. The van der Waals surface area contributed by atoms with Gasteiger partial charge < -0.3 is 10.1 Å². The van der Waals surface area contributed by atoms with Gasteiger partial charge in [-0.05, 0) is 39.1 Å². The highest BCUT2D eigenvalue weighted by molar-refractivity contribution is 5.35. The van der Waals surface area contributed by atoms with E-state index in [0.717, 1.165) is 17.0 Å². The minimum atomic E-state index is 0.186. The molecule has 0 radical (unpaired) electrons. The lowest BCUT2D eigenvalue weighted by atomic mass is 10.1. The van der Waals surface area contributed by atoms with Gasteiger partial charge in [0.2, 0.25) is 5.88 Å². The number of rotatable bonds is 4. The van der Waals surface area contributed by atoms with E-state index in [2.05, 4.69) is 22.2 Å². The van der Waals surface area contributed by atoms with Gasteiger partial charge in [0.05, 0.1) is 5.69 Å². The van der Waals surface area contributed by atoms with Crippen molar-refractivity contribution in [2.75, 3.05) is 7.05 Å². The lowest BCUT2D eigenvalue weighted by molar-refractivity contribution is 0.441. The van der Waals surface area contributed by atoms with Crippen LogP contribution in [0.4, 0.5) is 0 Å². The van der Waals surface area contributed by atoms with E-state index in [1.165, 1.54) is 0 Å². The maximum atomic E-state index is 5.85. The average molecular weight is 243 g/mol. The smallest absolute Gasteiger partial charge is 0.224 e. The summed E-state index contributed by atoms with van der Waals surface area (Å²) in [7, 11) is 1.91. The third-order valence-electron chi connectivity index (χ3n) is 2.87. The van der Waals surface area contributed by atoms with E-state index in [9.17, 15) is 0 Å². The molecule has 2 heterocycles. The van der Waals surface area contributed by atoms with E-state index < -0.39 is 0 Å². The van der Waals surface area contributed by atoms with Gasteiger partial charge in [-0.15, -0.1) is 0 Å². The summed E-state index contributed by atoms with van der Waals surface area (Å²) in [6, 6.07) is 7.85. The first-order valence-corrected chi connectivity index (χ1v) is 5.94. The standard InChI is InChI=1S/C14H17N3O/c1-10(15-3)12-6-4-9-17-14(12)18-13-7-5-8-16-11(13)2/h4-10,15H,1-3H3. The van der Waals surface area contributed by atoms with Crippen LogP contribution < -0.4 is 10.1 Å². The monoisotopic (exact) mass is 243 g/mol. The SMILES string of the molecule is CNC(C)c1cccnc1Oc1cccnc1C. The van der Waals surface area contributed by atoms with Crippen molar-refractivity contribution in [3.05, 3.63) is 47.9 Å². The summed E-state index contributed by atoms with van der Waals surface area (Å²) in [5.74, 6) is 1.36. The number of nitrogens with zero attached hydrogens (tertiary/aromatic N) is 2. The zero-order chi connectivity index (χ0) is 13.0. The average Bonchev–Trinajstić information content (AvgIpc) is 2.41. The Kier molecular flexibility index (Phi) is 3.89. The Morgan fingerprint density at radius 2 is 1.89 bits per heavy atom. The van der Waals surface area contributed by atoms with Crippen LogP contribution in [0.2, 0.25) is 0 Å². The Morgan fingerprint density at radius 1 is 1.17 bits per heavy atom. The van der Waals surface area contributed by atoms with Gasteiger partial charge in [0.25, 0.3) is 0 Å². The van der Waals surface area contributed by atoms with E-state index in [4.69, 9.17) is 4.74 Å².